The van der Waals surface area contributed by atoms with E-state index in [1.54, 1.807) is 43.3 Å². The number of amides is 1. The molecule has 7 heteroatoms. The van der Waals surface area contributed by atoms with Crippen molar-refractivity contribution < 1.29 is 28.6 Å². The number of ether oxygens (including phenoxy) is 3. The fraction of sp³-hybridized carbons (Fsp3) is 0.250. The maximum absolute atomic E-state index is 12.2. The fourth-order valence-electron chi connectivity index (χ4n) is 2.25. The summed E-state index contributed by atoms with van der Waals surface area (Å²) in [6.07, 6.45) is 0.367. The van der Waals surface area contributed by atoms with E-state index in [0.29, 0.717) is 29.2 Å². The normalized spacial score (nSPS) is 10.0. The van der Waals surface area contributed by atoms with Gasteiger partial charge in [0, 0.05) is 23.7 Å². The average molecular weight is 371 g/mol. The molecule has 0 saturated carbocycles. The molecule has 0 radical (unpaired) electrons. The average Bonchev–Trinajstić information content (AvgIpc) is 2.71. The zero-order valence-electron chi connectivity index (χ0n) is 15.4. The monoisotopic (exact) mass is 371 g/mol. The molecule has 0 aliphatic heterocycles. The van der Waals surface area contributed by atoms with Crippen LogP contribution < -0.4 is 14.8 Å². The van der Waals surface area contributed by atoms with Gasteiger partial charge in [-0.2, -0.15) is 0 Å². The van der Waals surface area contributed by atoms with Gasteiger partial charge in [-0.25, -0.2) is 4.79 Å². The molecular weight excluding hydrogens is 350 g/mol. The highest BCUT2D eigenvalue weighted by Crippen LogP contribution is 2.25. The Morgan fingerprint density at radius 3 is 2.26 bits per heavy atom. The molecule has 0 heterocycles. The van der Waals surface area contributed by atoms with Crippen LogP contribution in [0.2, 0.25) is 0 Å². The Morgan fingerprint density at radius 1 is 0.963 bits per heavy atom. The first-order chi connectivity index (χ1) is 13.0. The molecule has 27 heavy (non-hydrogen) atoms. The molecule has 2 rings (SSSR count). The number of ketones is 1. The molecule has 0 saturated heterocycles. The standard InChI is InChI=1S/C20H21NO6/c1-4-19(23)21-14-7-5-13(6-8-14)17(22)12-27-20(24)16-10-9-15(25-2)11-18(16)26-3/h5-11H,4,12H2,1-3H3,(H,21,23). The predicted octanol–water partition coefficient (Wildman–Crippen LogP) is 3.09. The zero-order chi connectivity index (χ0) is 19.8. The Bertz CT molecular complexity index is 829. The summed E-state index contributed by atoms with van der Waals surface area (Å²) in [5.74, 6) is -0.312. The van der Waals surface area contributed by atoms with Crippen molar-refractivity contribution in [3.63, 3.8) is 0 Å². The maximum Gasteiger partial charge on any atom is 0.342 e. The van der Waals surface area contributed by atoms with Gasteiger partial charge in [-0.3, -0.25) is 9.59 Å². The molecular formula is C20H21NO6. The van der Waals surface area contributed by atoms with Gasteiger partial charge in [0.25, 0.3) is 0 Å². The maximum atomic E-state index is 12.2. The van der Waals surface area contributed by atoms with Crippen LogP contribution in [0.15, 0.2) is 42.5 Å². The van der Waals surface area contributed by atoms with E-state index < -0.39 is 12.6 Å². The number of hydrogen-bond acceptors (Lipinski definition) is 6. The number of Topliss-reactive ketones (excluding diaryl/α,β-unsaturated/α-hetero) is 1. The van der Waals surface area contributed by atoms with Crippen molar-refractivity contribution in [3.05, 3.63) is 53.6 Å². The molecule has 0 spiro atoms. The van der Waals surface area contributed by atoms with Gasteiger partial charge in [0.2, 0.25) is 5.91 Å². The molecule has 0 bridgehead atoms. The number of esters is 1. The minimum Gasteiger partial charge on any atom is -0.497 e. The highest BCUT2D eigenvalue weighted by molar-refractivity contribution is 6.00. The van der Waals surface area contributed by atoms with Gasteiger partial charge in [-0.05, 0) is 36.4 Å². The van der Waals surface area contributed by atoms with E-state index in [1.807, 2.05) is 0 Å². The predicted molar refractivity (Wildman–Crippen MR) is 99.5 cm³/mol. The van der Waals surface area contributed by atoms with E-state index in [4.69, 9.17) is 14.2 Å². The largest absolute Gasteiger partial charge is 0.497 e. The number of rotatable bonds is 8. The number of methoxy groups -OCH3 is 2. The lowest BCUT2D eigenvalue weighted by Gasteiger charge is -2.10. The Balaban J connectivity index is 1.98. The molecule has 0 aromatic heterocycles. The van der Waals surface area contributed by atoms with Crippen LogP contribution >= 0.6 is 0 Å². The lowest BCUT2D eigenvalue weighted by molar-refractivity contribution is -0.115. The Morgan fingerprint density at radius 2 is 1.67 bits per heavy atom. The van der Waals surface area contributed by atoms with Crippen molar-refractivity contribution in [2.45, 2.75) is 13.3 Å². The lowest BCUT2D eigenvalue weighted by Crippen LogP contribution is -2.15. The molecule has 0 aliphatic rings. The summed E-state index contributed by atoms with van der Waals surface area (Å²) in [7, 11) is 2.93. The van der Waals surface area contributed by atoms with Crippen LogP contribution in [0.25, 0.3) is 0 Å². The molecule has 2 aromatic carbocycles. The molecule has 2 aromatic rings. The van der Waals surface area contributed by atoms with Crippen LogP contribution in [0.3, 0.4) is 0 Å². The van der Waals surface area contributed by atoms with Crippen molar-refractivity contribution >= 4 is 23.3 Å². The Kier molecular flexibility index (Phi) is 6.93. The second-order valence-corrected chi connectivity index (χ2v) is 5.54. The number of benzene rings is 2. The third-order valence-corrected chi connectivity index (χ3v) is 3.77. The molecule has 0 fully saturated rings. The van der Waals surface area contributed by atoms with Gasteiger partial charge < -0.3 is 19.5 Å². The van der Waals surface area contributed by atoms with Crippen molar-refractivity contribution in [1.29, 1.82) is 0 Å². The minimum absolute atomic E-state index is 0.114. The SMILES string of the molecule is CCC(=O)Nc1ccc(C(=O)COC(=O)c2ccc(OC)cc2OC)cc1. The van der Waals surface area contributed by atoms with E-state index >= 15 is 0 Å². The van der Waals surface area contributed by atoms with E-state index in [-0.39, 0.29) is 17.3 Å². The third kappa shape index (κ3) is 5.31. The number of nitrogens with one attached hydrogen (secondary N) is 1. The summed E-state index contributed by atoms with van der Waals surface area (Å²) < 4.78 is 15.3. The van der Waals surface area contributed by atoms with E-state index in [9.17, 15) is 14.4 Å². The lowest BCUT2D eigenvalue weighted by atomic mass is 10.1. The first-order valence-corrected chi connectivity index (χ1v) is 8.30. The molecule has 142 valence electrons. The summed E-state index contributed by atoms with van der Waals surface area (Å²) >= 11 is 0. The van der Waals surface area contributed by atoms with E-state index in [1.165, 1.54) is 20.3 Å². The smallest absolute Gasteiger partial charge is 0.342 e. The number of anilines is 1. The van der Waals surface area contributed by atoms with Gasteiger partial charge in [0.1, 0.15) is 17.1 Å². The Labute approximate surface area is 157 Å². The summed E-state index contributed by atoms with van der Waals surface area (Å²) in [4.78, 5) is 35.8. The molecule has 0 unspecified atom stereocenters. The van der Waals surface area contributed by atoms with Crippen molar-refractivity contribution in [2.24, 2.45) is 0 Å². The topological polar surface area (TPSA) is 90.9 Å². The van der Waals surface area contributed by atoms with Crippen molar-refractivity contribution in [1.82, 2.24) is 0 Å². The fourth-order valence-corrected chi connectivity index (χ4v) is 2.25. The molecule has 0 aliphatic carbocycles. The molecule has 1 amide bonds. The zero-order valence-corrected chi connectivity index (χ0v) is 15.4. The van der Waals surface area contributed by atoms with Crippen LogP contribution in [0.4, 0.5) is 5.69 Å². The van der Waals surface area contributed by atoms with Gasteiger partial charge in [-0.15, -0.1) is 0 Å². The molecule has 7 nitrogen and oxygen atoms in total. The van der Waals surface area contributed by atoms with Crippen molar-refractivity contribution in [2.75, 3.05) is 26.1 Å². The van der Waals surface area contributed by atoms with Gasteiger partial charge in [-0.1, -0.05) is 6.92 Å². The quantitative estimate of drug-likeness (QED) is 0.566. The summed E-state index contributed by atoms with van der Waals surface area (Å²) in [6, 6.07) is 11.0. The van der Waals surface area contributed by atoms with Gasteiger partial charge in [0.15, 0.2) is 12.4 Å². The first kappa shape index (κ1) is 20.0. The number of carbonyl (C=O) groups excluding carboxylic acids is 3. The van der Waals surface area contributed by atoms with Crippen LogP contribution in [0, 0.1) is 0 Å². The number of carbonyl (C=O) groups is 3. The molecule has 0 atom stereocenters. The van der Waals surface area contributed by atoms with E-state index in [2.05, 4.69) is 5.32 Å². The molecule has 1 N–H and O–H groups in total. The van der Waals surface area contributed by atoms with Crippen LogP contribution in [-0.2, 0) is 9.53 Å². The van der Waals surface area contributed by atoms with Crippen molar-refractivity contribution in [3.8, 4) is 11.5 Å². The minimum atomic E-state index is -0.672. The second kappa shape index (κ2) is 9.38. The summed E-state index contributed by atoms with van der Waals surface area (Å²) in [6.45, 7) is 1.34. The third-order valence-electron chi connectivity index (χ3n) is 3.77. The summed E-state index contributed by atoms with van der Waals surface area (Å²) in [5.41, 5.74) is 1.17. The van der Waals surface area contributed by atoms with Gasteiger partial charge in [0.05, 0.1) is 14.2 Å². The highest BCUT2D eigenvalue weighted by atomic mass is 16.5. The highest BCUT2D eigenvalue weighted by Gasteiger charge is 2.17. The summed E-state index contributed by atoms with van der Waals surface area (Å²) in [5, 5.41) is 2.69. The Hall–Kier alpha value is -3.35. The van der Waals surface area contributed by atoms with Crippen LogP contribution in [0.5, 0.6) is 11.5 Å². The first-order valence-electron chi connectivity index (χ1n) is 8.30. The second-order valence-electron chi connectivity index (χ2n) is 5.54. The van der Waals surface area contributed by atoms with Gasteiger partial charge >= 0.3 is 5.97 Å². The number of hydrogen-bond donors (Lipinski definition) is 1. The van der Waals surface area contributed by atoms with Crippen LogP contribution in [0.1, 0.15) is 34.1 Å². The van der Waals surface area contributed by atoms with E-state index in [0.717, 1.165) is 0 Å². The van der Waals surface area contributed by atoms with Crippen LogP contribution in [-0.4, -0.2) is 38.5 Å².